The third kappa shape index (κ3) is 1.51. The molecule has 1 aliphatic rings. The third-order valence-corrected chi connectivity index (χ3v) is 3.96. The SMILES string of the molecule is COC1(c2nc(C)cs2)CCCC1. The van der Waals surface area contributed by atoms with Gasteiger partial charge in [0, 0.05) is 18.2 Å². The second-order valence-electron chi connectivity index (χ2n) is 3.70. The highest BCUT2D eigenvalue weighted by Gasteiger charge is 2.38. The Morgan fingerprint density at radius 3 is 2.62 bits per heavy atom. The number of aryl methyl sites for hydroxylation is 1. The van der Waals surface area contributed by atoms with Crippen LogP contribution in [0, 0.1) is 6.92 Å². The molecule has 2 rings (SSSR count). The maximum absolute atomic E-state index is 5.65. The predicted octanol–water partition coefficient (Wildman–Crippen LogP) is 2.87. The first-order valence-corrected chi connectivity index (χ1v) is 5.62. The quantitative estimate of drug-likeness (QED) is 0.727. The predicted molar refractivity (Wildman–Crippen MR) is 54.0 cm³/mol. The molecule has 0 amide bonds. The molecule has 0 aromatic carbocycles. The smallest absolute Gasteiger partial charge is 0.125 e. The second-order valence-corrected chi connectivity index (χ2v) is 4.56. The van der Waals surface area contributed by atoms with Gasteiger partial charge in [0.2, 0.25) is 0 Å². The average molecular weight is 197 g/mol. The van der Waals surface area contributed by atoms with E-state index in [1.165, 1.54) is 17.8 Å². The first kappa shape index (κ1) is 9.16. The summed E-state index contributed by atoms with van der Waals surface area (Å²) in [5.74, 6) is 0. The molecule has 1 heterocycles. The van der Waals surface area contributed by atoms with Gasteiger partial charge in [-0.2, -0.15) is 0 Å². The van der Waals surface area contributed by atoms with Gasteiger partial charge in [-0.15, -0.1) is 11.3 Å². The molecule has 13 heavy (non-hydrogen) atoms. The van der Waals surface area contributed by atoms with Gasteiger partial charge in [-0.05, 0) is 19.8 Å². The molecule has 1 saturated carbocycles. The van der Waals surface area contributed by atoms with Crippen molar-refractivity contribution in [2.24, 2.45) is 0 Å². The lowest BCUT2D eigenvalue weighted by atomic mass is 10.0. The Morgan fingerprint density at radius 1 is 1.46 bits per heavy atom. The summed E-state index contributed by atoms with van der Waals surface area (Å²) in [6, 6.07) is 0. The summed E-state index contributed by atoms with van der Waals surface area (Å²) < 4.78 is 5.65. The fraction of sp³-hybridized carbons (Fsp3) is 0.700. The van der Waals surface area contributed by atoms with Crippen molar-refractivity contribution in [1.29, 1.82) is 0 Å². The van der Waals surface area contributed by atoms with Crippen LogP contribution in [-0.2, 0) is 10.3 Å². The Kier molecular flexibility index (Phi) is 2.39. The summed E-state index contributed by atoms with van der Waals surface area (Å²) in [7, 11) is 1.81. The molecule has 1 aromatic heterocycles. The molecular formula is C10H15NOS. The highest BCUT2D eigenvalue weighted by Crippen LogP contribution is 2.42. The normalized spacial score (nSPS) is 20.8. The Hall–Kier alpha value is -0.410. The minimum absolute atomic E-state index is 0.0427. The van der Waals surface area contributed by atoms with Crippen LogP contribution in [0.5, 0.6) is 0 Å². The van der Waals surface area contributed by atoms with E-state index in [-0.39, 0.29) is 5.60 Å². The van der Waals surface area contributed by atoms with Crippen molar-refractivity contribution in [1.82, 2.24) is 4.98 Å². The van der Waals surface area contributed by atoms with Crippen LogP contribution in [0.1, 0.15) is 36.4 Å². The molecule has 1 aliphatic carbocycles. The highest BCUT2D eigenvalue weighted by molar-refractivity contribution is 7.09. The average Bonchev–Trinajstić information content (AvgIpc) is 2.73. The van der Waals surface area contributed by atoms with Gasteiger partial charge in [0.1, 0.15) is 10.6 Å². The number of nitrogens with zero attached hydrogens (tertiary/aromatic N) is 1. The van der Waals surface area contributed by atoms with E-state index in [9.17, 15) is 0 Å². The molecule has 0 saturated heterocycles. The fourth-order valence-electron chi connectivity index (χ4n) is 2.01. The topological polar surface area (TPSA) is 22.1 Å². The Balaban J connectivity index is 2.30. The van der Waals surface area contributed by atoms with Crippen LogP contribution < -0.4 is 0 Å². The standard InChI is InChI=1S/C10H15NOS/c1-8-7-13-9(11-8)10(12-2)5-3-4-6-10/h7H,3-6H2,1-2H3. The van der Waals surface area contributed by atoms with E-state index in [0.29, 0.717) is 0 Å². The zero-order chi connectivity index (χ0) is 9.31. The molecule has 72 valence electrons. The minimum atomic E-state index is -0.0427. The number of thiazole rings is 1. The molecule has 0 aliphatic heterocycles. The molecular weight excluding hydrogens is 182 g/mol. The summed E-state index contributed by atoms with van der Waals surface area (Å²) in [6.07, 6.45) is 4.81. The van der Waals surface area contributed by atoms with Gasteiger partial charge >= 0.3 is 0 Å². The summed E-state index contributed by atoms with van der Waals surface area (Å²) in [5.41, 5.74) is 1.07. The summed E-state index contributed by atoms with van der Waals surface area (Å²) in [4.78, 5) is 4.53. The minimum Gasteiger partial charge on any atom is -0.371 e. The van der Waals surface area contributed by atoms with E-state index in [0.717, 1.165) is 18.5 Å². The third-order valence-electron chi connectivity index (χ3n) is 2.81. The largest absolute Gasteiger partial charge is 0.371 e. The maximum Gasteiger partial charge on any atom is 0.125 e. The van der Waals surface area contributed by atoms with Crippen LogP contribution in [0.15, 0.2) is 5.38 Å². The van der Waals surface area contributed by atoms with Crippen LogP contribution >= 0.6 is 11.3 Å². The molecule has 0 unspecified atom stereocenters. The molecule has 1 fully saturated rings. The van der Waals surface area contributed by atoms with E-state index < -0.39 is 0 Å². The molecule has 1 aromatic rings. The molecule has 0 spiro atoms. The first-order chi connectivity index (χ1) is 6.27. The lowest BCUT2D eigenvalue weighted by molar-refractivity contribution is -0.00893. The van der Waals surface area contributed by atoms with Crippen molar-refractivity contribution in [3.63, 3.8) is 0 Å². The number of rotatable bonds is 2. The van der Waals surface area contributed by atoms with E-state index in [1.807, 2.05) is 14.0 Å². The van der Waals surface area contributed by atoms with E-state index in [1.54, 1.807) is 11.3 Å². The van der Waals surface area contributed by atoms with E-state index >= 15 is 0 Å². The molecule has 0 atom stereocenters. The van der Waals surface area contributed by atoms with Gasteiger partial charge < -0.3 is 4.74 Å². The van der Waals surface area contributed by atoms with Gasteiger partial charge in [-0.1, -0.05) is 12.8 Å². The van der Waals surface area contributed by atoms with Crippen molar-refractivity contribution >= 4 is 11.3 Å². The van der Waals surface area contributed by atoms with Crippen molar-refractivity contribution < 1.29 is 4.74 Å². The summed E-state index contributed by atoms with van der Waals surface area (Å²) >= 11 is 1.73. The zero-order valence-electron chi connectivity index (χ0n) is 8.17. The van der Waals surface area contributed by atoms with Crippen LogP contribution in [0.25, 0.3) is 0 Å². The van der Waals surface area contributed by atoms with Gasteiger partial charge in [0.15, 0.2) is 0 Å². The van der Waals surface area contributed by atoms with E-state index in [2.05, 4.69) is 10.4 Å². The molecule has 2 nitrogen and oxygen atoms in total. The number of hydrogen-bond donors (Lipinski definition) is 0. The monoisotopic (exact) mass is 197 g/mol. The van der Waals surface area contributed by atoms with Crippen molar-refractivity contribution in [2.75, 3.05) is 7.11 Å². The molecule has 0 bridgehead atoms. The maximum atomic E-state index is 5.65. The molecule has 3 heteroatoms. The van der Waals surface area contributed by atoms with Gasteiger partial charge in [-0.3, -0.25) is 0 Å². The highest BCUT2D eigenvalue weighted by atomic mass is 32.1. The van der Waals surface area contributed by atoms with Gasteiger partial charge in [-0.25, -0.2) is 4.98 Å². The van der Waals surface area contributed by atoms with Gasteiger partial charge in [0.25, 0.3) is 0 Å². The van der Waals surface area contributed by atoms with Crippen molar-refractivity contribution in [3.05, 3.63) is 16.1 Å². The van der Waals surface area contributed by atoms with Crippen LogP contribution in [0.2, 0.25) is 0 Å². The fourth-order valence-corrected chi connectivity index (χ4v) is 3.05. The van der Waals surface area contributed by atoms with Crippen molar-refractivity contribution in [3.8, 4) is 0 Å². The van der Waals surface area contributed by atoms with Crippen molar-refractivity contribution in [2.45, 2.75) is 38.2 Å². The lowest BCUT2D eigenvalue weighted by Gasteiger charge is -2.24. The summed E-state index contributed by atoms with van der Waals surface area (Å²) in [6.45, 7) is 2.04. The zero-order valence-corrected chi connectivity index (χ0v) is 8.99. The lowest BCUT2D eigenvalue weighted by Crippen LogP contribution is -2.24. The second kappa shape index (κ2) is 3.39. The Labute approximate surface area is 83.0 Å². The van der Waals surface area contributed by atoms with Crippen LogP contribution in [0.3, 0.4) is 0 Å². The summed E-state index contributed by atoms with van der Waals surface area (Å²) in [5, 5.41) is 3.28. The number of hydrogen-bond acceptors (Lipinski definition) is 3. The number of ether oxygens (including phenoxy) is 1. The van der Waals surface area contributed by atoms with Crippen LogP contribution in [-0.4, -0.2) is 12.1 Å². The number of methoxy groups -OCH3 is 1. The molecule has 0 radical (unpaired) electrons. The van der Waals surface area contributed by atoms with Gasteiger partial charge in [0.05, 0.1) is 0 Å². The Morgan fingerprint density at radius 2 is 2.15 bits per heavy atom. The Bertz CT molecular complexity index is 289. The van der Waals surface area contributed by atoms with Crippen LogP contribution in [0.4, 0.5) is 0 Å². The molecule has 0 N–H and O–H groups in total. The first-order valence-electron chi connectivity index (χ1n) is 4.75. The van der Waals surface area contributed by atoms with E-state index in [4.69, 9.17) is 4.74 Å². The number of aromatic nitrogens is 1.